The van der Waals surface area contributed by atoms with Crippen molar-refractivity contribution < 1.29 is 0 Å². The number of nitrogen functional groups attached to an aromatic ring is 1. The van der Waals surface area contributed by atoms with Crippen LogP contribution in [-0.2, 0) is 6.54 Å². The Balaban J connectivity index is 2.07. The van der Waals surface area contributed by atoms with Crippen LogP contribution in [0.15, 0.2) is 28.7 Å². The quantitative estimate of drug-likeness (QED) is 0.852. The van der Waals surface area contributed by atoms with Crippen molar-refractivity contribution in [2.75, 3.05) is 5.73 Å². The molecule has 0 radical (unpaired) electrons. The molecule has 1 fully saturated rings. The third-order valence-corrected chi connectivity index (χ3v) is 5.14. The molecule has 1 aliphatic carbocycles. The third kappa shape index (κ3) is 2.73. The van der Waals surface area contributed by atoms with Gasteiger partial charge in [-0.2, -0.15) is 0 Å². The van der Waals surface area contributed by atoms with Gasteiger partial charge < -0.3 is 10.3 Å². The number of rotatable bonds is 3. The topological polar surface area (TPSA) is 43.8 Å². The first-order valence-electron chi connectivity index (χ1n) is 7.83. The van der Waals surface area contributed by atoms with Crippen LogP contribution in [0.2, 0.25) is 0 Å². The highest BCUT2D eigenvalue weighted by molar-refractivity contribution is 9.10. The number of nitrogens with two attached hydrogens (primary N) is 1. The van der Waals surface area contributed by atoms with Gasteiger partial charge in [0, 0.05) is 22.5 Å². The molecule has 1 aromatic carbocycles. The van der Waals surface area contributed by atoms with Crippen molar-refractivity contribution in [2.24, 2.45) is 0 Å². The zero-order valence-electron chi connectivity index (χ0n) is 12.5. The summed E-state index contributed by atoms with van der Waals surface area (Å²) >= 11 is 3.61. The van der Waals surface area contributed by atoms with Crippen LogP contribution < -0.4 is 5.73 Å². The summed E-state index contributed by atoms with van der Waals surface area (Å²) < 4.78 is 3.25. The molecule has 1 saturated carbocycles. The molecule has 0 aliphatic heterocycles. The Kier molecular flexibility index (Phi) is 4.34. The second-order valence-corrected chi connectivity index (χ2v) is 6.62. The molecule has 0 atom stereocenters. The molecule has 2 aromatic rings. The van der Waals surface area contributed by atoms with Crippen LogP contribution in [0.1, 0.15) is 50.8 Å². The molecule has 4 heteroatoms. The largest absolute Gasteiger partial charge is 0.383 e. The zero-order valence-corrected chi connectivity index (χ0v) is 14.1. The number of anilines is 1. The lowest BCUT2D eigenvalue weighted by Crippen LogP contribution is -2.12. The molecule has 1 aromatic heterocycles. The average Bonchev–Trinajstić information content (AvgIpc) is 2.85. The lowest BCUT2D eigenvalue weighted by Gasteiger charge is -2.21. The normalized spacial score (nSPS) is 16.3. The molecule has 0 unspecified atom stereocenters. The second-order valence-electron chi connectivity index (χ2n) is 5.76. The van der Waals surface area contributed by atoms with Crippen LogP contribution in [0.25, 0.3) is 11.3 Å². The molecule has 1 aliphatic rings. The highest BCUT2D eigenvalue weighted by atomic mass is 79.9. The molecule has 3 rings (SSSR count). The zero-order chi connectivity index (χ0) is 14.8. The Bertz CT molecular complexity index is 627. The van der Waals surface area contributed by atoms with E-state index in [1.807, 2.05) is 18.2 Å². The number of halogens is 1. The van der Waals surface area contributed by atoms with Crippen molar-refractivity contribution >= 4 is 21.7 Å². The number of benzene rings is 1. The minimum absolute atomic E-state index is 0.567. The first-order chi connectivity index (χ1) is 10.2. The number of hydrogen-bond acceptors (Lipinski definition) is 2. The van der Waals surface area contributed by atoms with Crippen LogP contribution in [-0.4, -0.2) is 9.55 Å². The first kappa shape index (κ1) is 14.6. The Morgan fingerprint density at radius 3 is 2.62 bits per heavy atom. The number of aromatic nitrogens is 2. The van der Waals surface area contributed by atoms with E-state index in [1.165, 1.54) is 37.9 Å². The van der Waals surface area contributed by atoms with Gasteiger partial charge in [0.05, 0.1) is 0 Å². The number of hydrogen-bond donors (Lipinski definition) is 1. The summed E-state index contributed by atoms with van der Waals surface area (Å²) in [6.45, 7) is 3.03. The van der Waals surface area contributed by atoms with E-state index in [1.54, 1.807) is 0 Å². The second kappa shape index (κ2) is 6.22. The summed E-state index contributed by atoms with van der Waals surface area (Å²) in [5.41, 5.74) is 8.41. The monoisotopic (exact) mass is 347 g/mol. The van der Waals surface area contributed by atoms with E-state index < -0.39 is 0 Å². The van der Waals surface area contributed by atoms with Gasteiger partial charge in [-0.15, -0.1) is 0 Å². The summed E-state index contributed by atoms with van der Waals surface area (Å²) in [6, 6.07) is 8.17. The summed E-state index contributed by atoms with van der Waals surface area (Å²) in [4.78, 5) is 4.94. The minimum Gasteiger partial charge on any atom is -0.383 e. The molecule has 0 bridgehead atoms. The summed E-state index contributed by atoms with van der Waals surface area (Å²) in [5, 5.41) is 0. The van der Waals surface area contributed by atoms with Crippen LogP contribution >= 0.6 is 15.9 Å². The molecule has 0 saturated heterocycles. The molecule has 3 nitrogen and oxygen atoms in total. The molecule has 2 N–H and O–H groups in total. The van der Waals surface area contributed by atoms with Crippen molar-refractivity contribution in [1.29, 1.82) is 0 Å². The van der Waals surface area contributed by atoms with Crippen LogP contribution in [0.3, 0.4) is 0 Å². The van der Waals surface area contributed by atoms with Gasteiger partial charge in [0.15, 0.2) is 0 Å². The van der Waals surface area contributed by atoms with Crippen molar-refractivity contribution in [3.05, 3.63) is 34.6 Å². The maximum atomic E-state index is 6.40. The highest BCUT2D eigenvalue weighted by Gasteiger charge is 2.24. The van der Waals surface area contributed by atoms with E-state index in [9.17, 15) is 0 Å². The van der Waals surface area contributed by atoms with Crippen molar-refractivity contribution in [2.45, 2.75) is 51.5 Å². The first-order valence-corrected chi connectivity index (χ1v) is 8.62. The maximum Gasteiger partial charge on any atom is 0.131 e. The summed E-state index contributed by atoms with van der Waals surface area (Å²) in [7, 11) is 0. The minimum atomic E-state index is 0.567. The average molecular weight is 348 g/mol. The van der Waals surface area contributed by atoms with Gasteiger partial charge in [-0.25, -0.2) is 4.98 Å². The summed E-state index contributed by atoms with van der Waals surface area (Å²) in [6.07, 6.45) is 6.46. The molecular formula is C17H22BrN3. The van der Waals surface area contributed by atoms with Gasteiger partial charge in [-0.3, -0.25) is 0 Å². The van der Waals surface area contributed by atoms with E-state index in [0.717, 1.165) is 28.1 Å². The van der Waals surface area contributed by atoms with Crippen LogP contribution in [0.5, 0.6) is 0 Å². The maximum absolute atomic E-state index is 6.40. The van der Waals surface area contributed by atoms with E-state index in [0.29, 0.717) is 5.92 Å². The van der Waals surface area contributed by atoms with Crippen LogP contribution in [0, 0.1) is 0 Å². The number of nitrogens with zero attached hydrogens (tertiary/aromatic N) is 2. The summed E-state index contributed by atoms with van der Waals surface area (Å²) in [5.74, 6) is 2.54. The standard InChI is InChI=1S/C17H22BrN3/c1-2-21-16(19)15(13-10-6-7-11-14(13)18)20-17(21)12-8-4-3-5-9-12/h6-7,10-12H,2-5,8-9,19H2,1H3. The van der Waals surface area contributed by atoms with Gasteiger partial charge in [-0.05, 0) is 25.8 Å². The Morgan fingerprint density at radius 1 is 1.24 bits per heavy atom. The predicted molar refractivity (Wildman–Crippen MR) is 91.3 cm³/mol. The van der Waals surface area contributed by atoms with Crippen molar-refractivity contribution in [3.8, 4) is 11.3 Å². The van der Waals surface area contributed by atoms with Crippen molar-refractivity contribution in [1.82, 2.24) is 9.55 Å². The van der Waals surface area contributed by atoms with E-state index in [2.05, 4.69) is 33.5 Å². The molecule has 112 valence electrons. The number of imidazole rings is 1. The fourth-order valence-electron chi connectivity index (χ4n) is 3.34. The SMILES string of the molecule is CCn1c(C2CCCCC2)nc(-c2ccccc2Br)c1N. The van der Waals surface area contributed by atoms with Gasteiger partial charge in [0.2, 0.25) is 0 Å². The fourth-order valence-corrected chi connectivity index (χ4v) is 3.81. The predicted octanol–water partition coefficient (Wildman–Crippen LogP) is 4.96. The third-order valence-electron chi connectivity index (χ3n) is 4.45. The molecule has 0 spiro atoms. The van der Waals surface area contributed by atoms with E-state index in [-0.39, 0.29) is 0 Å². The van der Waals surface area contributed by atoms with Crippen LogP contribution in [0.4, 0.5) is 5.82 Å². The van der Waals surface area contributed by atoms with Gasteiger partial charge in [-0.1, -0.05) is 53.4 Å². The molecule has 1 heterocycles. The molecule has 21 heavy (non-hydrogen) atoms. The highest BCUT2D eigenvalue weighted by Crippen LogP contribution is 2.38. The van der Waals surface area contributed by atoms with Crippen molar-refractivity contribution in [3.63, 3.8) is 0 Å². The van der Waals surface area contributed by atoms with Gasteiger partial charge in [0.1, 0.15) is 17.3 Å². The fraction of sp³-hybridized carbons (Fsp3) is 0.471. The Morgan fingerprint density at radius 2 is 1.95 bits per heavy atom. The Labute approximate surface area is 134 Å². The lowest BCUT2D eigenvalue weighted by atomic mass is 9.88. The molecule has 0 amide bonds. The lowest BCUT2D eigenvalue weighted by molar-refractivity contribution is 0.418. The van der Waals surface area contributed by atoms with Gasteiger partial charge >= 0.3 is 0 Å². The van der Waals surface area contributed by atoms with E-state index >= 15 is 0 Å². The van der Waals surface area contributed by atoms with Gasteiger partial charge in [0.25, 0.3) is 0 Å². The smallest absolute Gasteiger partial charge is 0.131 e. The van der Waals surface area contributed by atoms with E-state index in [4.69, 9.17) is 10.7 Å². The molecular weight excluding hydrogens is 326 g/mol. The Hall–Kier alpha value is -1.29.